The zero-order valence-electron chi connectivity index (χ0n) is 15.1. The zero-order valence-corrected chi connectivity index (χ0v) is 15.9. The summed E-state index contributed by atoms with van der Waals surface area (Å²) in [6.07, 6.45) is 0.784. The molecule has 2 atom stereocenters. The van der Waals surface area contributed by atoms with Crippen LogP contribution in [-0.2, 0) is 16.3 Å². The monoisotopic (exact) mass is 366 g/mol. The van der Waals surface area contributed by atoms with Crippen LogP contribution >= 0.6 is 0 Å². The van der Waals surface area contributed by atoms with Crippen molar-refractivity contribution in [2.24, 2.45) is 0 Å². The Balaban J connectivity index is 1.73. The number of aryl methyl sites for hydroxylation is 1. The third-order valence-corrected chi connectivity index (χ3v) is 6.72. The second kappa shape index (κ2) is 6.92. The Bertz CT molecular complexity index is 750. The van der Waals surface area contributed by atoms with Gasteiger partial charge in [-0.15, -0.1) is 0 Å². The lowest BCUT2D eigenvalue weighted by Crippen LogP contribution is -2.62. The molecule has 2 aliphatic heterocycles. The van der Waals surface area contributed by atoms with Gasteiger partial charge >= 0.3 is 6.03 Å². The van der Waals surface area contributed by atoms with Gasteiger partial charge in [-0.05, 0) is 19.1 Å². The van der Waals surface area contributed by atoms with Gasteiger partial charge in [0.15, 0.2) is 9.84 Å². The highest BCUT2D eigenvalue weighted by atomic mass is 32.2. The van der Waals surface area contributed by atoms with E-state index in [1.165, 1.54) is 4.90 Å². The molecular weight excluding hydrogens is 340 g/mol. The number of hydrogen-bond acceptors (Lipinski definition) is 5. The number of pyridine rings is 1. The Labute approximate surface area is 149 Å². The molecular formula is C17H26N4O3S. The molecule has 0 bridgehead atoms. The topological polar surface area (TPSA) is 73.8 Å². The van der Waals surface area contributed by atoms with Gasteiger partial charge in [0.05, 0.1) is 17.5 Å². The summed E-state index contributed by atoms with van der Waals surface area (Å²) >= 11 is 0. The molecule has 1 aromatic heterocycles. The highest BCUT2D eigenvalue weighted by Crippen LogP contribution is 2.27. The Hall–Kier alpha value is -1.67. The molecule has 25 heavy (non-hydrogen) atoms. The SMILES string of the molecule is Cc1cccc(CCN2CCN(C(=O)N(C)C)C3CS(=O)(=O)CC32)n1. The van der Waals surface area contributed by atoms with Crippen molar-refractivity contribution < 1.29 is 13.2 Å². The van der Waals surface area contributed by atoms with Gasteiger partial charge in [0.2, 0.25) is 0 Å². The van der Waals surface area contributed by atoms with Gasteiger partial charge < -0.3 is 9.80 Å². The Kier molecular flexibility index (Phi) is 5.02. The lowest BCUT2D eigenvalue weighted by atomic mass is 10.0. The molecule has 2 saturated heterocycles. The molecule has 2 fully saturated rings. The number of fused-ring (bicyclic) bond motifs is 1. The van der Waals surface area contributed by atoms with Crippen LogP contribution in [0.25, 0.3) is 0 Å². The zero-order chi connectivity index (χ0) is 18.2. The van der Waals surface area contributed by atoms with E-state index in [1.54, 1.807) is 19.0 Å². The maximum Gasteiger partial charge on any atom is 0.319 e. The van der Waals surface area contributed by atoms with Crippen LogP contribution in [-0.4, -0.2) is 91.5 Å². The molecule has 0 aromatic carbocycles. The van der Waals surface area contributed by atoms with Gasteiger partial charge in [0.25, 0.3) is 0 Å². The maximum absolute atomic E-state index is 12.4. The molecule has 2 aliphatic rings. The number of aromatic nitrogens is 1. The van der Waals surface area contributed by atoms with Gasteiger partial charge in [0.1, 0.15) is 0 Å². The molecule has 0 aliphatic carbocycles. The molecule has 0 saturated carbocycles. The molecule has 2 amide bonds. The quantitative estimate of drug-likeness (QED) is 0.774. The minimum atomic E-state index is -3.11. The first-order chi connectivity index (χ1) is 11.8. The van der Waals surface area contributed by atoms with E-state index >= 15 is 0 Å². The lowest BCUT2D eigenvalue weighted by Gasteiger charge is -2.44. The van der Waals surface area contributed by atoms with Crippen molar-refractivity contribution in [2.75, 3.05) is 45.2 Å². The van der Waals surface area contributed by atoms with Crippen molar-refractivity contribution in [2.45, 2.75) is 25.4 Å². The molecule has 1 aromatic rings. The van der Waals surface area contributed by atoms with Crippen LogP contribution in [0.15, 0.2) is 18.2 Å². The fourth-order valence-electron chi connectivity index (χ4n) is 3.79. The first-order valence-electron chi connectivity index (χ1n) is 8.62. The summed E-state index contributed by atoms with van der Waals surface area (Å²) in [5.74, 6) is 0.201. The standard InChI is InChI=1S/C17H26N4O3S/c1-13-5-4-6-14(18-13)7-8-20-9-10-21(17(22)19(2)3)16-12-25(23,24)11-15(16)20/h4-6,15-16H,7-12H2,1-3H3. The van der Waals surface area contributed by atoms with E-state index in [-0.39, 0.29) is 29.6 Å². The van der Waals surface area contributed by atoms with Crippen LogP contribution in [0.4, 0.5) is 4.79 Å². The number of urea groups is 1. The number of sulfone groups is 1. The Morgan fingerprint density at radius 3 is 2.64 bits per heavy atom. The maximum atomic E-state index is 12.4. The summed E-state index contributed by atoms with van der Waals surface area (Å²) in [5, 5.41) is 0. The smallest absolute Gasteiger partial charge is 0.319 e. The number of piperazine rings is 1. The highest BCUT2D eigenvalue weighted by molar-refractivity contribution is 7.91. The van der Waals surface area contributed by atoms with Crippen LogP contribution in [0.5, 0.6) is 0 Å². The Morgan fingerprint density at radius 1 is 1.24 bits per heavy atom. The number of carbonyl (C=O) groups is 1. The van der Waals surface area contributed by atoms with Gasteiger partial charge in [-0.25, -0.2) is 13.2 Å². The van der Waals surface area contributed by atoms with E-state index in [4.69, 9.17) is 0 Å². The van der Waals surface area contributed by atoms with Crippen molar-refractivity contribution in [3.8, 4) is 0 Å². The largest absolute Gasteiger partial charge is 0.331 e. The van der Waals surface area contributed by atoms with Crippen molar-refractivity contribution in [1.82, 2.24) is 19.7 Å². The molecule has 0 radical (unpaired) electrons. The van der Waals surface area contributed by atoms with E-state index in [0.29, 0.717) is 13.1 Å². The second-order valence-electron chi connectivity index (χ2n) is 7.14. The molecule has 0 spiro atoms. The van der Waals surface area contributed by atoms with Crippen LogP contribution in [0.1, 0.15) is 11.4 Å². The second-order valence-corrected chi connectivity index (χ2v) is 9.29. The molecule has 2 unspecified atom stereocenters. The summed E-state index contributed by atoms with van der Waals surface area (Å²) in [6, 6.07) is 5.49. The summed E-state index contributed by atoms with van der Waals surface area (Å²) in [5.41, 5.74) is 2.00. The molecule has 138 valence electrons. The number of rotatable bonds is 3. The highest BCUT2D eigenvalue weighted by Gasteiger charge is 2.48. The minimum absolute atomic E-state index is 0.0659. The van der Waals surface area contributed by atoms with Crippen molar-refractivity contribution >= 4 is 15.9 Å². The first kappa shape index (κ1) is 18.1. The third-order valence-electron chi connectivity index (χ3n) is 5.02. The number of nitrogens with zero attached hydrogens (tertiary/aromatic N) is 4. The van der Waals surface area contributed by atoms with Gasteiger partial charge in [-0.2, -0.15) is 0 Å². The average molecular weight is 366 g/mol. The number of amides is 2. The molecule has 8 heteroatoms. The van der Waals surface area contributed by atoms with Crippen LogP contribution in [0.3, 0.4) is 0 Å². The molecule has 7 nitrogen and oxygen atoms in total. The summed E-state index contributed by atoms with van der Waals surface area (Å²) in [4.78, 5) is 22.4. The van der Waals surface area contributed by atoms with E-state index < -0.39 is 9.84 Å². The number of hydrogen-bond donors (Lipinski definition) is 0. The van der Waals surface area contributed by atoms with Gasteiger partial charge in [-0.1, -0.05) is 6.07 Å². The molecule has 3 rings (SSSR count). The minimum Gasteiger partial charge on any atom is -0.331 e. The molecule has 0 N–H and O–H groups in total. The fourth-order valence-corrected chi connectivity index (χ4v) is 5.81. The van der Waals surface area contributed by atoms with Gasteiger partial charge in [0, 0.05) is 57.6 Å². The predicted octanol–water partition coefficient (Wildman–Crippen LogP) is 0.397. The third kappa shape index (κ3) is 3.95. The van der Waals surface area contributed by atoms with Gasteiger partial charge in [-0.3, -0.25) is 9.88 Å². The predicted molar refractivity (Wildman–Crippen MR) is 96.3 cm³/mol. The van der Waals surface area contributed by atoms with Crippen LogP contribution in [0, 0.1) is 6.92 Å². The normalized spacial score (nSPS) is 25.6. The van der Waals surface area contributed by atoms with Crippen molar-refractivity contribution in [1.29, 1.82) is 0 Å². The first-order valence-corrected chi connectivity index (χ1v) is 10.4. The average Bonchev–Trinajstić information content (AvgIpc) is 2.87. The van der Waals surface area contributed by atoms with E-state index in [9.17, 15) is 13.2 Å². The Morgan fingerprint density at radius 2 is 1.96 bits per heavy atom. The summed E-state index contributed by atoms with van der Waals surface area (Å²) in [6.45, 7) is 3.99. The van der Waals surface area contributed by atoms with Crippen LogP contribution < -0.4 is 0 Å². The van der Waals surface area contributed by atoms with E-state index in [1.807, 2.05) is 25.1 Å². The fraction of sp³-hybridized carbons (Fsp3) is 0.647. The lowest BCUT2D eigenvalue weighted by molar-refractivity contribution is 0.0572. The number of carbonyl (C=O) groups excluding carboxylic acids is 1. The summed E-state index contributed by atoms with van der Waals surface area (Å²) < 4.78 is 24.4. The van der Waals surface area contributed by atoms with Crippen molar-refractivity contribution in [3.63, 3.8) is 0 Å². The van der Waals surface area contributed by atoms with Crippen molar-refractivity contribution in [3.05, 3.63) is 29.6 Å². The summed E-state index contributed by atoms with van der Waals surface area (Å²) in [7, 11) is 0.297. The molecule has 3 heterocycles. The van der Waals surface area contributed by atoms with E-state index in [2.05, 4.69) is 9.88 Å². The van der Waals surface area contributed by atoms with Crippen LogP contribution in [0.2, 0.25) is 0 Å². The van der Waals surface area contributed by atoms with E-state index in [0.717, 1.165) is 24.4 Å².